The quantitative estimate of drug-likeness (QED) is 0.287. The molecule has 0 radical (unpaired) electrons. The lowest BCUT2D eigenvalue weighted by Crippen LogP contribution is -2.52. The van der Waals surface area contributed by atoms with Crippen LogP contribution in [0, 0.1) is 0 Å². The minimum atomic E-state index is -6.36. The SMILES string of the molecule is C=CCN.CCCCCCC(F)C(F)(F)C(F)(F)S(=O)(=O)O. The standard InChI is InChI=1S/C9H15F5O3S.C3H7N/c1-2-3-4-5-6-7(10)8(11,12)9(13,14)18(15,16)17;1-2-3-4/h7H,2-6H2,1H3,(H,15,16,17);2H,1,3-4H2. The van der Waals surface area contributed by atoms with Crippen molar-refractivity contribution in [3.05, 3.63) is 12.7 Å². The van der Waals surface area contributed by atoms with E-state index < -0.39 is 33.9 Å². The Labute approximate surface area is 127 Å². The van der Waals surface area contributed by atoms with Crippen LogP contribution in [0.15, 0.2) is 12.7 Å². The summed E-state index contributed by atoms with van der Waals surface area (Å²) in [6.45, 7) is 5.75. The summed E-state index contributed by atoms with van der Waals surface area (Å²) in [6, 6.07) is 0. The fourth-order valence-electron chi connectivity index (χ4n) is 1.29. The number of unbranched alkanes of at least 4 members (excludes halogenated alkanes) is 3. The van der Waals surface area contributed by atoms with Crippen molar-refractivity contribution in [3.8, 4) is 0 Å². The third-order valence-electron chi connectivity index (χ3n) is 2.58. The molecule has 0 aliphatic carbocycles. The van der Waals surface area contributed by atoms with Gasteiger partial charge in [-0.1, -0.05) is 38.7 Å². The second kappa shape index (κ2) is 10.1. The Bertz CT molecular complexity index is 415. The van der Waals surface area contributed by atoms with E-state index in [0.717, 1.165) is 6.42 Å². The van der Waals surface area contributed by atoms with Crippen LogP contribution in [0.25, 0.3) is 0 Å². The highest BCUT2D eigenvalue weighted by molar-refractivity contribution is 7.87. The molecule has 3 N–H and O–H groups in total. The lowest BCUT2D eigenvalue weighted by molar-refractivity contribution is -0.198. The molecule has 0 aliphatic heterocycles. The minimum absolute atomic E-state index is 0.0633. The summed E-state index contributed by atoms with van der Waals surface area (Å²) in [7, 11) is -6.36. The predicted octanol–water partition coefficient (Wildman–Crippen LogP) is 3.54. The summed E-state index contributed by atoms with van der Waals surface area (Å²) in [5.74, 6) is -5.45. The number of hydrogen-bond acceptors (Lipinski definition) is 3. The molecule has 0 aromatic rings. The van der Waals surface area contributed by atoms with E-state index in [4.69, 9.17) is 10.3 Å². The van der Waals surface area contributed by atoms with Crippen molar-refractivity contribution in [2.45, 2.75) is 56.4 Å². The Morgan fingerprint density at radius 3 is 2.00 bits per heavy atom. The van der Waals surface area contributed by atoms with Gasteiger partial charge < -0.3 is 5.73 Å². The molecule has 1 unspecified atom stereocenters. The molecule has 4 nitrogen and oxygen atoms in total. The molecule has 22 heavy (non-hydrogen) atoms. The first-order chi connectivity index (χ1) is 9.90. The molecule has 0 aromatic heterocycles. The summed E-state index contributed by atoms with van der Waals surface area (Å²) in [5.41, 5.74) is 4.91. The van der Waals surface area contributed by atoms with Crippen molar-refractivity contribution in [1.29, 1.82) is 0 Å². The average Bonchev–Trinajstić information content (AvgIpc) is 2.42. The first kappa shape index (κ1) is 23.5. The van der Waals surface area contributed by atoms with Crippen LogP contribution >= 0.6 is 0 Å². The molecule has 0 heterocycles. The second-order valence-electron chi connectivity index (χ2n) is 4.46. The second-order valence-corrected chi connectivity index (χ2v) is 5.92. The van der Waals surface area contributed by atoms with E-state index in [1.165, 1.54) is 0 Å². The van der Waals surface area contributed by atoms with Gasteiger partial charge in [0, 0.05) is 6.54 Å². The van der Waals surface area contributed by atoms with Gasteiger partial charge in [-0.05, 0) is 6.42 Å². The molecule has 0 bridgehead atoms. The Morgan fingerprint density at radius 2 is 1.68 bits per heavy atom. The van der Waals surface area contributed by atoms with Crippen molar-refractivity contribution in [1.82, 2.24) is 0 Å². The number of rotatable bonds is 9. The van der Waals surface area contributed by atoms with Gasteiger partial charge in [-0.15, -0.1) is 6.58 Å². The normalized spacial score (nSPS) is 14.0. The zero-order chi connectivity index (χ0) is 18.0. The molecule has 10 heteroatoms. The molecule has 0 fully saturated rings. The van der Waals surface area contributed by atoms with Crippen molar-refractivity contribution >= 4 is 10.1 Å². The molecule has 0 spiro atoms. The molecule has 0 amide bonds. The lowest BCUT2D eigenvalue weighted by atomic mass is 10.1. The summed E-state index contributed by atoms with van der Waals surface area (Å²) in [5, 5.41) is -5.83. The molecule has 0 saturated heterocycles. The van der Waals surface area contributed by atoms with Crippen LogP contribution in [0.3, 0.4) is 0 Å². The van der Waals surface area contributed by atoms with Crippen molar-refractivity contribution in [2.75, 3.05) is 6.54 Å². The van der Waals surface area contributed by atoms with Gasteiger partial charge in [0.2, 0.25) is 0 Å². The van der Waals surface area contributed by atoms with Crippen molar-refractivity contribution < 1.29 is 34.9 Å². The van der Waals surface area contributed by atoms with E-state index in [-0.39, 0.29) is 6.42 Å². The largest absolute Gasteiger partial charge is 0.434 e. The predicted molar refractivity (Wildman–Crippen MR) is 74.3 cm³/mol. The molecule has 1 atom stereocenters. The number of alkyl halides is 5. The molecular formula is C12H22F5NO3S. The van der Waals surface area contributed by atoms with Gasteiger partial charge in [0.05, 0.1) is 0 Å². The summed E-state index contributed by atoms with van der Waals surface area (Å²) in [4.78, 5) is 0. The molecule has 0 saturated carbocycles. The Kier molecular flexibility index (Phi) is 10.8. The van der Waals surface area contributed by atoms with E-state index in [2.05, 4.69) is 6.58 Å². The van der Waals surface area contributed by atoms with Crippen LogP contribution in [0.2, 0.25) is 0 Å². The number of nitrogens with two attached hydrogens (primary N) is 1. The minimum Gasteiger partial charge on any atom is -0.327 e. The average molecular weight is 355 g/mol. The van der Waals surface area contributed by atoms with Gasteiger partial charge >= 0.3 is 21.3 Å². The zero-order valence-electron chi connectivity index (χ0n) is 12.2. The highest BCUT2D eigenvalue weighted by Gasteiger charge is 2.69. The van der Waals surface area contributed by atoms with E-state index in [9.17, 15) is 30.4 Å². The fourth-order valence-corrected chi connectivity index (χ4v) is 1.76. The number of hydrogen-bond donors (Lipinski definition) is 2. The fraction of sp³-hybridized carbons (Fsp3) is 0.833. The monoisotopic (exact) mass is 355 g/mol. The summed E-state index contributed by atoms with van der Waals surface area (Å²) < 4.78 is 92.6. The molecule has 0 aliphatic rings. The Balaban J connectivity index is 0. The first-order valence-corrected chi connectivity index (χ1v) is 8.01. The molecule has 0 rings (SSSR count). The van der Waals surface area contributed by atoms with Crippen LogP contribution in [0.5, 0.6) is 0 Å². The molecular weight excluding hydrogens is 333 g/mol. The summed E-state index contributed by atoms with van der Waals surface area (Å²) >= 11 is 0. The van der Waals surface area contributed by atoms with Crippen molar-refractivity contribution in [2.24, 2.45) is 5.73 Å². The van der Waals surface area contributed by atoms with Crippen LogP contribution in [-0.2, 0) is 10.1 Å². The third-order valence-corrected chi connectivity index (χ3v) is 3.50. The van der Waals surface area contributed by atoms with Gasteiger partial charge in [-0.2, -0.15) is 26.0 Å². The lowest BCUT2D eigenvalue weighted by Gasteiger charge is -2.26. The number of halogens is 5. The Hall–Kier alpha value is -0.740. The smallest absolute Gasteiger partial charge is 0.327 e. The van der Waals surface area contributed by atoms with Gasteiger partial charge in [0.1, 0.15) is 0 Å². The van der Waals surface area contributed by atoms with E-state index in [1.54, 1.807) is 6.08 Å². The van der Waals surface area contributed by atoms with Gasteiger partial charge in [-0.3, -0.25) is 4.55 Å². The van der Waals surface area contributed by atoms with Gasteiger partial charge in [-0.25, -0.2) is 4.39 Å². The maximum Gasteiger partial charge on any atom is 0.434 e. The maximum atomic E-state index is 13.0. The topological polar surface area (TPSA) is 80.4 Å². The highest BCUT2D eigenvalue weighted by Crippen LogP contribution is 2.43. The highest BCUT2D eigenvalue weighted by atomic mass is 32.2. The Morgan fingerprint density at radius 1 is 1.23 bits per heavy atom. The summed E-state index contributed by atoms with van der Waals surface area (Å²) in [6.07, 6.45) is -0.873. The van der Waals surface area contributed by atoms with Crippen molar-refractivity contribution in [3.63, 3.8) is 0 Å². The molecule has 0 aromatic carbocycles. The van der Waals surface area contributed by atoms with E-state index in [1.807, 2.05) is 6.92 Å². The zero-order valence-corrected chi connectivity index (χ0v) is 13.1. The van der Waals surface area contributed by atoms with Gasteiger partial charge in [0.25, 0.3) is 0 Å². The molecule has 134 valence electrons. The van der Waals surface area contributed by atoms with E-state index in [0.29, 0.717) is 19.4 Å². The van der Waals surface area contributed by atoms with Crippen LogP contribution in [-0.4, -0.2) is 36.9 Å². The van der Waals surface area contributed by atoms with Crippen LogP contribution in [0.4, 0.5) is 22.0 Å². The van der Waals surface area contributed by atoms with Crippen LogP contribution in [0.1, 0.15) is 39.0 Å². The van der Waals surface area contributed by atoms with Gasteiger partial charge in [0.15, 0.2) is 6.17 Å². The maximum absolute atomic E-state index is 13.0. The van der Waals surface area contributed by atoms with Crippen LogP contribution < -0.4 is 5.73 Å². The van der Waals surface area contributed by atoms with E-state index >= 15 is 0 Å². The first-order valence-electron chi connectivity index (χ1n) is 6.57. The third kappa shape index (κ3) is 7.01.